The quantitative estimate of drug-likeness (QED) is 0.747. The minimum absolute atomic E-state index is 0.0603. The number of methoxy groups -OCH3 is 1. The predicted octanol–water partition coefficient (Wildman–Crippen LogP) is 2.00. The van der Waals surface area contributed by atoms with Gasteiger partial charge in [0.15, 0.2) is 6.79 Å². The molecular weight excluding hydrogens is 178 g/mol. The van der Waals surface area contributed by atoms with Crippen LogP contribution in [-0.2, 0) is 4.74 Å². The summed E-state index contributed by atoms with van der Waals surface area (Å²) in [4.78, 5) is 0. The number of aryl methyl sites for hydroxylation is 1. The Morgan fingerprint density at radius 1 is 1.43 bits per heavy atom. The second-order valence-corrected chi connectivity index (χ2v) is 3.36. The zero-order valence-electron chi connectivity index (χ0n) is 8.91. The van der Waals surface area contributed by atoms with Crippen LogP contribution in [0.5, 0.6) is 5.75 Å². The summed E-state index contributed by atoms with van der Waals surface area (Å²) in [6.07, 6.45) is 0. The summed E-state index contributed by atoms with van der Waals surface area (Å²) in [7, 11) is 1.60. The number of hydrogen-bond donors (Lipinski definition) is 1. The second kappa shape index (κ2) is 4.98. The zero-order chi connectivity index (χ0) is 10.6. The number of ether oxygens (including phenoxy) is 2. The highest BCUT2D eigenvalue weighted by Gasteiger charge is 2.03. The third-order valence-corrected chi connectivity index (χ3v) is 2.06. The van der Waals surface area contributed by atoms with Crippen molar-refractivity contribution in [3.63, 3.8) is 0 Å². The van der Waals surface area contributed by atoms with E-state index in [1.165, 1.54) is 0 Å². The lowest BCUT2D eigenvalue weighted by Gasteiger charge is -2.11. The van der Waals surface area contributed by atoms with Gasteiger partial charge in [-0.1, -0.05) is 12.1 Å². The molecular formula is C11H17NO2. The molecule has 2 N–H and O–H groups in total. The first kappa shape index (κ1) is 11.0. The van der Waals surface area contributed by atoms with Crippen LogP contribution in [0.3, 0.4) is 0 Å². The minimum atomic E-state index is 0.0603. The van der Waals surface area contributed by atoms with Crippen LogP contribution in [0.1, 0.15) is 24.1 Å². The summed E-state index contributed by atoms with van der Waals surface area (Å²) >= 11 is 0. The Labute approximate surface area is 84.8 Å². The van der Waals surface area contributed by atoms with Gasteiger partial charge in [0.05, 0.1) is 0 Å². The van der Waals surface area contributed by atoms with Crippen molar-refractivity contribution in [1.82, 2.24) is 0 Å². The van der Waals surface area contributed by atoms with Crippen molar-refractivity contribution in [1.29, 1.82) is 0 Å². The molecule has 1 atom stereocenters. The third-order valence-electron chi connectivity index (χ3n) is 2.06. The first-order valence-electron chi connectivity index (χ1n) is 4.63. The van der Waals surface area contributed by atoms with Gasteiger partial charge in [0.1, 0.15) is 5.75 Å². The average Bonchev–Trinajstić information content (AvgIpc) is 2.15. The molecule has 0 fully saturated rings. The molecule has 0 aliphatic rings. The molecule has 0 radical (unpaired) electrons. The van der Waals surface area contributed by atoms with E-state index in [-0.39, 0.29) is 12.8 Å². The van der Waals surface area contributed by atoms with E-state index in [0.29, 0.717) is 0 Å². The summed E-state index contributed by atoms with van der Waals surface area (Å²) in [5.74, 6) is 0.844. The number of benzene rings is 1. The molecule has 0 amide bonds. The van der Waals surface area contributed by atoms with Gasteiger partial charge in [-0.05, 0) is 31.0 Å². The molecule has 0 saturated carbocycles. The number of rotatable bonds is 4. The van der Waals surface area contributed by atoms with E-state index in [1.807, 2.05) is 32.0 Å². The Balaban J connectivity index is 2.79. The van der Waals surface area contributed by atoms with Crippen LogP contribution in [0.25, 0.3) is 0 Å². The van der Waals surface area contributed by atoms with Crippen molar-refractivity contribution in [2.75, 3.05) is 13.9 Å². The van der Waals surface area contributed by atoms with Crippen molar-refractivity contribution >= 4 is 0 Å². The molecule has 0 unspecified atom stereocenters. The lowest BCUT2D eigenvalue weighted by Crippen LogP contribution is -2.06. The van der Waals surface area contributed by atoms with Crippen LogP contribution < -0.4 is 10.5 Å². The zero-order valence-corrected chi connectivity index (χ0v) is 8.91. The molecule has 3 nitrogen and oxygen atoms in total. The molecule has 14 heavy (non-hydrogen) atoms. The first-order valence-corrected chi connectivity index (χ1v) is 4.63. The largest absolute Gasteiger partial charge is 0.467 e. The van der Waals surface area contributed by atoms with Gasteiger partial charge < -0.3 is 15.2 Å². The summed E-state index contributed by atoms with van der Waals surface area (Å²) < 4.78 is 10.2. The molecule has 1 aromatic carbocycles. The normalized spacial score (nSPS) is 12.6. The van der Waals surface area contributed by atoms with Crippen LogP contribution in [0.15, 0.2) is 18.2 Å². The van der Waals surface area contributed by atoms with E-state index in [1.54, 1.807) is 7.11 Å². The molecule has 0 aromatic heterocycles. The van der Waals surface area contributed by atoms with Gasteiger partial charge >= 0.3 is 0 Å². The maximum absolute atomic E-state index is 5.77. The molecule has 0 bridgehead atoms. The second-order valence-electron chi connectivity index (χ2n) is 3.36. The van der Waals surface area contributed by atoms with Crippen LogP contribution in [0.2, 0.25) is 0 Å². The lowest BCUT2D eigenvalue weighted by atomic mass is 10.1. The molecule has 0 aliphatic carbocycles. The maximum Gasteiger partial charge on any atom is 0.188 e. The maximum atomic E-state index is 5.77. The van der Waals surface area contributed by atoms with E-state index in [4.69, 9.17) is 15.2 Å². The molecule has 0 heterocycles. The van der Waals surface area contributed by atoms with Gasteiger partial charge in [-0.25, -0.2) is 0 Å². The van der Waals surface area contributed by atoms with Crippen molar-refractivity contribution in [2.45, 2.75) is 19.9 Å². The van der Waals surface area contributed by atoms with Crippen molar-refractivity contribution in [3.8, 4) is 5.75 Å². The van der Waals surface area contributed by atoms with E-state index in [2.05, 4.69) is 0 Å². The van der Waals surface area contributed by atoms with Crippen molar-refractivity contribution < 1.29 is 9.47 Å². The Hall–Kier alpha value is -1.06. The van der Waals surface area contributed by atoms with Gasteiger partial charge in [0.25, 0.3) is 0 Å². The lowest BCUT2D eigenvalue weighted by molar-refractivity contribution is 0.0506. The predicted molar refractivity (Wildman–Crippen MR) is 56.3 cm³/mol. The third kappa shape index (κ3) is 2.72. The summed E-state index contributed by atoms with van der Waals surface area (Å²) in [6.45, 7) is 4.24. The highest BCUT2D eigenvalue weighted by Crippen LogP contribution is 2.21. The SMILES string of the molecule is COCOc1ccc([C@H](C)N)cc1C. The van der Waals surface area contributed by atoms with Crippen LogP contribution >= 0.6 is 0 Å². The average molecular weight is 195 g/mol. The smallest absolute Gasteiger partial charge is 0.188 e. The first-order chi connectivity index (χ1) is 6.65. The Morgan fingerprint density at radius 2 is 2.14 bits per heavy atom. The summed E-state index contributed by atoms with van der Waals surface area (Å²) in [5.41, 5.74) is 7.97. The van der Waals surface area contributed by atoms with Crippen molar-refractivity contribution in [2.24, 2.45) is 5.73 Å². The van der Waals surface area contributed by atoms with E-state index < -0.39 is 0 Å². The van der Waals surface area contributed by atoms with E-state index >= 15 is 0 Å². The minimum Gasteiger partial charge on any atom is -0.467 e. The van der Waals surface area contributed by atoms with Crippen LogP contribution in [0, 0.1) is 6.92 Å². The summed E-state index contributed by atoms with van der Waals surface area (Å²) in [6, 6.07) is 6.00. The van der Waals surface area contributed by atoms with Gasteiger partial charge in [0, 0.05) is 13.2 Å². The molecule has 1 rings (SSSR count). The molecule has 0 spiro atoms. The number of nitrogens with two attached hydrogens (primary N) is 1. The fraction of sp³-hybridized carbons (Fsp3) is 0.455. The van der Waals surface area contributed by atoms with Gasteiger partial charge in [0.2, 0.25) is 0 Å². The summed E-state index contributed by atoms with van der Waals surface area (Å²) in [5, 5.41) is 0. The van der Waals surface area contributed by atoms with Gasteiger partial charge in [-0.15, -0.1) is 0 Å². The van der Waals surface area contributed by atoms with Crippen molar-refractivity contribution in [3.05, 3.63) is 29.3 Å². The Morgan fingerprint density at radius 3 is 2.64 bits per heavy atom. The Kier molecular flexibility index (Phi) is 3.92. The number of hydrogen-bond acceptors (Lipinski definition) is 3. The van der Waals surface area contributed by atoms with E-state index in [0.717, 1.165) is 16.9 Å². The topological polar surface area (TPSA) is 44.5 Å². The van der Waals surface area contributed by atoms with Gasteiger partial charge in [-0.2, -0.15) is 0 Å². The fourth-order valence-corrected chi connectivity index (χ4v) is 1.24. The highest BCUT2D eigenvalue weighted by atomic mass is 16.7. The molecule has 3 heteroatoms. The molecule has 0 saturated heterocycles. The van der Waals surface area contributed by atoms with Crippen LogP contribution in [0.4, 0.5) is 0 Å². The molecule has 1 aromatic rings. The standard InChI is InChI=1S/C11H17NO2/c1-8-6-10(9(2)12)4-5-11(8)14-7-13-3/h4-6,9H,7,12H2,1-3H3/t9-/m0/s1. The highest BCUT2D eigenvalue weighted by molar-refractivity contribution is 5.37. The van der Waals surface area contributed by atoms with Gasteiger partial charge in [-0.3, -0.25) is 0 Å². The monoisotopic (exact) mass is 195 g/mol. The fourth-order valence-electron chi connectivity index (χ4n) is 1.24. The van der Waals surface area contributed by atoms with Crippen LogP contribution in [-0.4, -0.2) is 13.9 Å². The van der Waals surface area contributed by atoms with E-state index in [9.17, 15) is 0 Å². The molecule has 78 valence electrons. The Bertz CT molecular complexity index is 297. The molecule has 0 aliphatic heterocycles.